The van der Waals surface area contributed by atoms with E-state index in [1.165, 1.54) is 18.4 Å². The highest BCUT2D eigenvalue weighted by Gasteiger charge is 2.19. The van der Waals surface area contributed by atoms with Crippen molar-refractivity contribution in [1.29, 1.82) is 0 Å². The molecule has 1 atom stereocenters. The van der Waals surface area contributed by atoms with E-state index in [1.54, 1.807) is 53.6 Å². The summed E-state index contributed by atoms with van der Waals surface area (Å²) in [6.07, 6.45) is 6.75. The number of urea groups is 1. The Kier molecular flexibility index (Phi) is 12.7. The molecule has 3 aromatic carbocycles. The molecule has 222 valence electrons. The van der Waals surface area contributed by atoms with Gasteiger partial charge in [0.05, 0.1) is 13.1 Å². The van der Waals surface area contributed by atoms with Gasteiger partial charge in [0.25, 0.3) is 5.91 Å². The van der Waals surface area contributed by atoms with Gasteiger partial charge in [0.15, 0.2) is 6.10 Å². The summed E-state index contributed by atoms with van der Waals surface area (Å²) in [4.78, 5) is 38.2. The molecule has 8 nitrogen and oxygen atoms in total. The molecule has 0 heterocycles. The van der Waals surface area contributed by atoms with Crippen LogP contribution in [0.4, 0.5) is 16.2 Å². The lowest BCUT2D eigenvalue weighted by Gasteiger charge is -2.24. The van der Waals surface area contributed by atoms with Crippen LogP contribution in [-0.4, -0.2) is 47.0 Å². The SMILES string of the molecule is CS.O=C(NCC(O)C(=O)O)c1ccc(CN(C(=O)Nc2cc(Cl)cc(Cl)c2)c2ccc(C3=CCCCC3)cc2)cc1. The molecular formula is C31H33Cl2N3O5S. The van der Waals surface area contributed by atoms with Crippen molar-refractivity contribution in [2.24, 2.45) is 0 Å². The van der Waals surface area contributed by atoms with Crippen LogP contribution in [0.15, 0.2) is 72.8 Å². The van der Waals surface area contributed by atoms with Crippen LogP contribution in [0.2, 0.25) is 10.0 Å². The number of carboxylic acid groups (broad SMARTS) is 1. The first-order valence-corrected chi connectivity index (χ1v) is 14.9. The van der Waals surface area contributed by atoms with E-state index in [1.807, 2.05) is 24.3 Å². The lowest BCUT2D eigenvalue weighted by Crippen LogP contribution is -2.36. The van der Waals surface area contributed by atoms with Crippen LogP contribution in [0.25, 0.3) is 5.57 Å². The molecule has 0 bridgehead atoms. The van der Waals surface area contributed by atoms with E-state index >= 15 is 0 Å². The van der Waals surface area contributed by atoms with Gasteiger partial charge in [-0.2, -0.15) is 12.6 Å². The molecule has 11 heteroatoms. The summed E-state index contributed by atoms with van der Waals surface area (Å²) in [5.74, 6) is -1.94. The van der Waals surface area contributed by atoms with Gasteiger partial charge in [-0.3, -0.25) is 9.69 Å². The minimum absolute atomic E-state index is 0.196. The Bertz CT molecular complexity index is 1390. The van der Waals surface area contributed by atoms with Gasteiger partial charge in [-0.15, -0.1) is 0 Å². The zero-order valence-electron chi connectivity index (χ0n) is 23.0. The minimum Gasteiger partial charge on any atom is -0.479 e. The molecule has 3 amide bonds. The second-order valence-electron chi connectivity index (χ2n) is 9.46. The zero-order chi connectivity index (χ0) is 30.6. The maximum Gasteiger partial charge on any atom is 0.334 e. The van der Waals surface area contributed by atoms with Crippen LogP contribution in [0.3, 0.4) is 0 Å². The molecule has 1 unspecified atom stereocenters. The fraction of sp³-hybridized carbons (Fsp3) is 0.258. The van der Waals surface area contributed by atoms with Crippen LogP contribution in [-0.2, 0) is 11.3 Å². The van der Waals surface area contributed by atoms with Crippen molar-refractivity contribution in [1.82, 2.24) is 5.32 Å². The van der Waals surface area contributed by atoms with E-state index < -0.39 is 30.6 Å². The summed E-state index contributed by atoms with van der Waals surface area (Å²) in [5.41, 5.74) is 4.61. The number of hydrogen-bond acceptors (Lipinski definition) is 5. The van der Waals surface area contributed by atoms with Gasteiger partial charge in [-0.05, 0) is 91.1 Å². The molecule has 1 aliphatic carbocycles. The second-order valence-corrected chi connectivity index (χ2v) is 10.3. The van der Waals surface area contributed by atoms with Crippen molar-refractivity contribution in [2.45, 2.75) is 38.3 Å². The van der Waals surface area contributed by atoms with Crippen molar-refractivity contribution in [2.75, 3.05) is 23.0 Å². The maximum atomic E-state index is 13.5. The fourth-order valence-electron chi connectivity index (χ4n) is 4.38. The number of anilines is 2. The van der Waals surface area contributed by atoms with E-state index in [4.69, 9.17) is 28.3 Å². The van der Waals surface area contributed by atoms with Gasteiger partial charge in [-0.1, -0.05) is 53.5 Å². The van der Waals surface area contributed by atoms with Crippen LogP contribution < -0.4 is 15.5 Å². The van der Waals surface area contributed by atoms with Gasteiger partial charge in [0, 0.05) is 27.0 Å². The molecule has 0 saturated heterocycles. The molecular weight excluding hydrogens is 597 g/mol. The van der Waals surface area contributed by atoms with Crippen molar-refractivity contribution < 1.29 is 24.6 Å². The fourth-order valence-corrected chi connectivity index (χ4v) is 4.90. The molecule has 0 radical (unpaired) electrons. The van der Waals surface area contributed by atoms with Crippen LogP contribution in [0.1, 0.15) is 47.2 Å². The number of allylic oxidation sites excluding steroid dienone is 2. The lowest BCUT2D eigenvalue weighted by molar-refractivity contribution is -0.146. The summed E-state index contributed by atoms with van der Waals surface area (Å²) in [5, 5.41) is 24.2. The number of hydrogen-bond donors (Lipinski definition) is 5. The number of carboxylic acids is 1. The smallest absolute Gasteiger partial charge is 0.334 e. The number of rotatable bonds is 9. The Morgan fingerprint density at radius 3 is 2.17 bits per heavy atom. The molecule has 0 spiro atoms. The number of halogens is 2. The number of nitrogens with zero attached hydrogens (tertiary/aromatic N) is 1. The molecule has 4 N–H and O–H groups in total. The second kappa shape index (κ2) is 16.2. The predicted octanol–water partition coefficient (Wildman–Crippen LogP) is 6.91. The minimum atomic E-state index is -1.69. The van der Waals surface area contributed by atoms with Gasteiger partial charge in [-0.25, -0.2) is 9.59 Å². The summed E-state index contributed by atoms with van der Waals surface area (Å²) < 4.78 is 0. The first-order valence-electron chi connectivity index (χ1n) is 13.3. The lowest BCUT2D eigenvalue weighted by atomic mass is 9.93. The van der Waals surface area contributed by atoms with Crippen molar-refractivity contribution >= 4 is 70.7 Å². The summed E-state index contributed by atoms with van der Waals surface area (Å²) in [7, 11) is 0. The average Bonchev–Trinajstić information content (AvgIpc) is 2.99. The Hall–Kier alpha value is -3.50. The Morgan fingerprint density at radius 2 is 1.60 bits per heavy atom. The Morgan fingerprint density at radius 1 is 0.952 bits per heavy atom. The molecule has 4 rings (SSSR count). The summed E-state index contributed by atoms with van der Waals surface area (Å²) >= 11 is 15.8. The number of thiol groups is 1. The molecule has 0 saturated carbocycles. The Balaban J connectivity index is 0.00000237. The van der Waals surface area contributed by atoms with Gasteiger partial charge >= 0.3 is 12.0 Å². The number of carbonyl (C=O) groups excluding carboxylic acids is 2. The van der Waals surface area contributed by atoms with Gasteiger partial charge in [0.1, 0.15) is 0 Å². The third kappa shape index (κ3) is 9.52. The topological polar surface area (TPSA) is 119 Å². The average molecular weight is 631 g/mol. The van der Waals surface area contributed by atoms with E-state index in [2.05, 4.69) is 29.3 Å². The molecule has 0 fully saturated rings. The number of aliphatic carboxylic acids is 1. The van der Waals surface area contributed by atoms with Gasteiger partial charge < -0.3 is 20.8 Å². The highest BCUT2D eigenvalue weighted by atomic mass is 35.5. The summed E-state index contributed by atoms with van der Waals surface area (Å²) in [6.45, 7) is -0.216. The van der Waals surface area contributed by atoms with Gasteiger partial charge in [0.2, 0.25) is 0 Å². The first kappa shape index (κ1) is 33.0. The first-order chi connectivity index (χ1) is 20.2. The Labute approximate surface area is 260 Å². The van der Waals surface area contributed by atoms with Crippen molar-refractivity contribution in [3.63, 3.8) is 0 Å². The van der Waals surface area contributed by atoms with E-state index in [0.29, 0.717) is 21.4 Å². The largest absolute Gasteiger partial charge is 0.479 e. The van der Waals surface area contributed by atoms with E-state index in [9.17, 15) is 19.5 Å². The molecule has 3 aromatic rings. The highest BCUT2D eigenvalue weighted by Crippen LogP contribution is 2.29. The van der Waals surface area contributed by atoms with E-state index in [-0.39, 0.29) is 12.1 Å². The maximum absolute atomic E-state index is 13.5. The quantitative estimate of drug-likeness (QED) is 0.165. The standard InChI is InChI=1S/C30H29Cl2N3O5.CH4S/c31-23-14-24(32)16-25(15-23)34-30(40)35(26-12-10-21(11-13-26)20-4-2-1-3-5-20)18-19-6-8-22(9-7-19)28(37)33-17-27(36)29(38)39;1-2/h4,6-16,27,36H,1-3,5,17-18H2,(H,33,37)(H,34,40)(H,38,39);2H,1H3. The number of amides is 3. The molecule has 0 aromatic heterocycles. The number of carbonyl (C=O) groups is 3. The van der Waals surface area contributed by atoms with E-state index in [0.717, 1.165) is 24.0 Å². The number of aliphatic hydroxyl groups excluding tert-OH is 1. The van der Waals surface area contributed by atoms with Crippen LogP contribution in [0, 0.1) is 0 Å². The monoisotopic (exact) mass is 629 g/mol. The predicted molar refractivity (Wildman–Crippen MR) is 172 cm³/mol. The van der Waals surface area contributed by atoms with Crippen molar-refractivity contribution in [3.05, 3.63) is 99.5 Å². The molecule has 0 aliphatic heterocycles. The zero-order valence-corrected chi connectivity index (χ0v) is 25.4. The number of nitrogens with one attached hydrogen (secondary N) is 2. The number of benzene rings is 3. The molecule has 42 heavy (non-hydrogen) atoms. The third-order valence-electron chi connectivity index (χ3n) is 6.50. The highest BCUT2D eigenvalue weighted by molar-refractivity contribution is 7.79. The normalized spacial score (nSPS) is 13.1. The molecule has 1 aliphatic rings. The number of aliphatic hydroxyl groups is 1. The third-order valence-corrected chi connectivity index (χ3v) is 6.93. The van der Waals surface area contributed by atoms with Crippen LogP contribution in [0.5, 0.6) is 0 Å². The summed E-state index contributed by atoms with van der Waals surface area (Å²) in [6, 6.07) is 18.8. The van der Waals surface area contributed by atoms with Crippen LogP contribution >= 0.6 is 35.8 Å². The van der Waals surface area contributed by atoms with Crippen molar-refractivity contribution in [3.8, 4) is 0 Å².